The highest BCUT2D eigenvalue weighted by Gasteiger charge is 2.56. The maximum absolute atomic E-state index is 13.1. The van der Waals surface area contributed by atoms with Crippen LogP contribution in [0.4, 0.5) is 0 Å². The number of para-hydroxylation sites is 1. The van der Waals surface area contributed by atoms with E-state index in [0.717, 1.165) is 0 Å². The van der Waals surface area contributed by atoms with Crippen molar-refractivity contribution in [2.75, 3.05) is 20.5 Å². The van der Waals surface area contributed by atoms with Crippen molar-refractivity contribution in [3.05, 3.63) is 57.3 Å². The minimum atomic E-state index is -1.47. The summed E-state index contributed by atoms with van der Waals surface area (Å²) in [6.07, 6.45) is 0. The molecule has 1 aromatic carbocycles. The number of hydrogen-bond acceptors (Lipinski definition) is 6. The molecule has 7 heteroatoms. The maximum Gasteiger partial charge on any atom is 0.278 e. The number of fused-ring (bicyclic) bond motifs is 4. The Morgan fingerprint density at radius 1 is 1.28 bits per heavy atom. The van der Waals surface area contributed by atoms with E-state index in [1.807, 2.05) is 12.1 Å². The molecular weight excluding hydrogens is 326 g/mol. The van der Waals surface area contributed by atoms with Gasteiger partial charge in [0.05, 0.1) is 18.2 Å². The summed E-state index contributed by atoms with van der Waals surface area (Å²) in [7, 11) is 3.13. The van der Waals surface area contributed by atoms with Gasteiger partial charge in [0.2, 0.25) is 22.7 Å². The minimum Gasteiger partial charge on any atom is -0.490 e. The van der Waals surface area contributed by atoms with E-state index in [1.54, 1.807) is 30.7 Å². The topological polar surface area (TPSA) is 76.0 Å². The fourth-order valence-corrected chi connectivity index (χ4v) is 3.59. The van der Waals surface area contributed by atoms with Crippen molar-refractivity contribution in [3.8, 4) is 0 Å². The summed E-state index contributed by atoms with van der Waals surface area (Å²) in [6.45, 7) is 1.99. The number of aromatic nitrogens is 1. The van der Waals surface area contributed by atoms with Crippen molar-refractivity contribution < 1.29 is 23.7 Å². The lowest BCUT2D eigenvalue weighted by molar-refractivity contribution is -0.201. The van der Waals surface area contributed by atoms with Gasteiger partial charge in [-0.3, -0.25) is 9.59 Å². The van der Waals surface area contributed by atoms with Crippen LogP contribution in [0, 0.1) is 0 Å². The number of carbonyl (C=O) groups is 1. The quantitative estimate of drug-likeness (QED) is 0.846. The van der Waals surface area contributed by atoms with Crippen LogP contribution in [-0.2, 0) is 31.8 Å². The van der Waals surface area contributed by atoms with E-state index < -0.39 is 11.6 Å². The Morgan fingerprint density at radius 3 is 2.76 bits per heavy atom. The molecule has 4 rings (SSSR count). The molecule has 0 spiro atoms. The highest BCUT2D eigenvalue weighted by Crippen LogP contribution is 2.47. The van der Waals surface area contributed by atoms with Crippen molar-refractivity contribution in [2.24, 2.45) is 7.05 Å². The first-order valence-corrected chi connectivity index (χ1v) is 7.93. The van der Waals surface area contributed by atoms with Gasteiger partial charge in [0.25, 0.3) is 5.79 Å². The van der Waals surface area contributed by atoms with E-state index in [2.05, 4.69) is 0 Å². The van der Waals surface area contributed by atoms with E-state index in [0.29, 0.717) is 23.2 Å². The van der Waals surface area contributed by atoms with Crippen LogP contribution in [0.3, 0.4) is 0 Å². The zero-order valence-corrected chi connectivity index (χ0v) is 14.1. The first-order chi connectivity index (χ1) is 12.1. The number of Topliss-reactive ketones (excluding diaryl/α,β-unsaturated/α-hetero) is 1. The van der Waals surface area contributed by atoms with Crippen molar-refractivity contribution in [1.82, 2.24) is 4.57 Å². The van der Waals surface area contributed by atoms with Crippen LogP contribution in [0.25, 0.3) is 10.9 Å². The summed E-state index contributed by atoms with van der Waals surface area (Å²) in [5.41, 5.74) is 0.614. The van der Waals surface area contributed by atoms with Gasteiger partial charge in [-0.05, 0) is 19.1 Å². The summed E-state index contributed by atoms with van der Waals surface area (Å²) in [5, 5.41) is 0.446. The predicted octanol–water partition coefficient (Wildman–Crippen LogP) is 1.79. The molecule has 1 aliphatic heterocycles. The van der Waals surface area contributed by atoms with Gasteiger partial charge in [0.15, 0.2) is 6.79 Å². The fraction of sp³-hybridized carbons (Fsp3) is 0.333. The molecule has 1 aromatic heterocycles. The summed E-state index contributed by atoms with van der Waals surface area (Å²) in [6, 6.07) is 7.09. The van der Waals surface area contributed by atoms with Gasteiger partial charge in [-0.2, -0.15) is 0 Å². The third-order valence-corrected chi connectivity index (χ3v) is 4.58. The van der Waals surface area contributed by atoms with E-state index >= 15 is 0 Å². The number of carbonyl (C=O) groups excluding carboxylic acids is 1. The molecule has 25 heavy (non-hydrogen) atoms. The molecule has 2 aliphatic rings. The normalized spacial score (nSPS) is 22.0. The van der Waals surface area contributed by atoms with Gasteiger partial charge in [-0.15, -0.1) is 0 Å². The smallest absolute Gasteiger partial charge is 0.278 e. The number of pyridine rings is 1. The van der Waals surface area contributed by atoms with E-state index in [9.17, 15) is 9.59 Å². The molecule has 2 heterocycles. The molecular formula is C18H17NO6. The van der Waals surface area contributed by atoms with Crippen LogP contribution in [0.2, 0.25) is 0 Å². The number of ketones is 1. The molecule has 130 valence electrons. The number of nitrogens with zero attached hydrogens (tertiary/aromatic N) is 1. The van der Waals surface area contributed by atoms with Crippen LogP contribution >= 0.6 is 0 Å². The van der Waals surface area contributed by atoms with E-state index in [1.165, 1.54) is 7.11 Å². The molecule has 0 amide bonds. The van der Waals surface area contributed by atoms with Gasteiger partial charge in [-0.25, -0.2) is 0 Å². The first-order valence-electron chi connectivity index (χ1n) is 7.93. The Morgan fingerprint density at radius 2 is 2.04 bits per heavy atom. The number of benzene rings is 1. The fourth-order valence-electron chi connectivity index (χ4n) is 3.59. The number of rotatable bonds is 3. The van der Waals surface area contributed by atoms with Crippen LogP contribution < -0.4 is 5.43 Å². The molecule has 1 atom stereocenters. The number of aryl methyl sites for hydroxylation is 1. The number of allylic oxidation sites excluding steroid dienone is 1. The average Bonchev–Trinajstić information content (AvgIpc) is 3.03. The number of ether oxygens (including phenoxy) is 4. The van der Waals surface area contributed by atoms with E-state index in [4.69, 9.17) is 18.9 Å². The predicted molar refractivity (Wildman–Crippen MR) is 87.9 cm³/mol. The Kier molecular flexibility index (Phi) is 3.45. The Bertz CT molecular complexity index is 989. The molecule has 1 saturated heterocycles. The lowest BCUT2D eigenvalue weighted by Gasteiger charge is -2.34. The molecule has 0 radical (unpaired) electrons. The lowest BCUT2D eigenvalue weighted by atomic mass is 9.90. The SMILES string of the molecule is CCOC12OCOC1=C(OC)C(=O)c1c2n(C)c2ccccc2c1=O. The molecule has 2 aromatic rings. The molecule has 7 nitrogen and oxygen atoms in total. The molecule has 0 N–H and O–H groups in total. The van der Waals surface area contributed by atoms with E-state index in [-0.39, 0.29) is 29.3 Å². The first kappa shape index (κ1) is 15.9. The van der Waals surface area contributed by atoms with Crippen LogP contribution in [0.15, 0.2) is 40.6 Å². The highest BCUT2D eigenvalue weighted by atomic mass is 16.8. The van der Waals surface area contributed by atoms with Gasteiger partial charge in [0.1, 0.15) is 5.69 Å². The molecule has 1 aliphatic carbocycles. The van der Waals surface area contributed by atoms with Crippen molar-refractivity contribution in [1.29, 1.82) is 0 Å². The summed E-state index contributed by atoms with van der Waals surface area (Å²) < 4.78 is 24.2. The highest BCUT2D eigenvalue weighted by molar-refractivity contribution is 6.11. The van der Waals surface area contributed by atoms with Gasteiger partial charge in [0, 0.05) is 19.0 Å². The lowest BCUT2D eigenvalue weighted by Crippen LogP contribution is -2.43. The number of hydrogen-bond donors (Lipinski definition) is 0. The molecule has 0 saturated carbocycles. The zero-order valence-electron chi connectivity index (χ0n) is 14.1. The minimum absolute atomic E-state index is 0.0132. The average molecular weight is 343 g/mol. The monoisotopic (exact) mass is 343 g/mol. The summed E-state index contributed by atoms with van der Waals surface area (Å²) in [5.74, 6) is -1.91. The van der Waals surface area contributed by atoms with Gasteiger partial charge in [-0.1, -0.05) is 12.1 Å². The molecule has 0 bridgehead atoms. The molecule has 1 unspecified atom stereocenters. The van der Waals surface area contributed by atoms with Crippen LogP contribution in [0.1, 0.15) is 23.0 Å². The van der Waals surface area contributed by atoms with Gasteiger partial charge < -0.3 is 23.5 Å². The standard InChI is InChI=1S/C18H17NO6/c1-4-24-18-16-12(14(21)15(22-3)17(18)23-9-25-18)13(20)10-7-5-6-8-11(10)19(16)2/h5-8H,4,9H2,1-3H3. The van der Waals surface area contributed by atoms with Crippen molar-refractivity contribution in [3.63, 3.8) is 0 Å². The number of methoxy groups -OCH3 is 1. The third-order valence-electron chi connectivity index (χ3n) is 4.58. The van der Waals surface area contributed by atoms with Crippen molar-refractivity contribution >= 4 is 16.7 Å². The molecule has 1 fully saturated rings. The zero-order chi connectivity index (χ0) is 17.8. The van der Waals surface area contributed by atoms with Crippen molar-refractivity contribution in [2.45, 2.75) is 12.7 Å². The van der Waals surface area contributed by atoms with Crippen LogP contribution in [-0.4, -0.2) is 30.9 Å². The Labute approximate surface area is 143 Å². The second-order valence-corrected chi connectivity index (χ2v) is 5.78. The van der Waals surface area contributed by atoms with Crippen LogP contribution in [0.5, 0.6) is 0 Å². The maximum atomic E-state index is 13.1. The largest absolute Gasteiger partial charge is 0.490 e. The van der Waals surface area contributed by atoms with Gasteiger partial charge >= 0.3 is 0 Å². The summed E-state index contributed by atoms with van der Waals surface area (Å²) >= 11 is 0. The third kappa shape index (κ3) is 1.87. The second kappa shape index (κ2) is 5.44. The summed E-state index contributed by atoms with van der Waals surface area (Å²) in [4.78, 5) is 26.0. The second-order valence-electron chi connectivity index (χ2n) is 5.78. The Balaban J connectivity index is 2.20. The Hall–Kier alpha value is -2.64.